The second-order valence-electron chi connectivity index (χ2n) is 5.92. The number of halogens is 2. The highest BCUT2D eigenvalue weighted by molar-refractivity contribution is 6.35. The molecule has 0 atom stereocenters. The third kappa shape index (κ3) is 3.55. The summed E-state index contributed by atoms with van der Waals surface area (Å²) in [5, 5.41) is 1.17. The number of hydrogen-bond donors (Lipinski definition) is 0. The van der Waals surface area contributed by atoms with Crippen molar-refractivity contribution in [3.63, 3.8) is 0 Å². The Balaban J connectivity index is 2.14. The van der Waals surface area contributed by atoms with Crippen LogP contribution >= 0.6 is 23.2 Å². The van der Waals surface area contributed by atoms with Crippen LogP contribution in [0.5, 0.6) is 0 Å². The van der Waals surface area contributed by atoms with E-state index in [-0.39, 0.29) is 5.69 Å². The van der Waals surface area contributed by atoms with Crippen molar-refractivity contribution in [1.29, 1.82) is 0 Å². The number of benzene rings is 1. The van der Waals surface area contributed by atoms with E-state index in [9.17, 15) is 4.79 Å². The lowest BCUT2D eigenvalue weighted by atomic mass is 10.2. The smallest absolute Gasteiger partial charge is 0.357 e. The summed E-state index contributed by atoms with van der Waals surface area (Å²) in [7, 11) is 0. The molecule has 7 heteroatoms. The van der Waals surface area contributed by atoms with Gasteiger partial charge >= 0.3 is 5.97 Å². The predicted octanol–water partition coefficient (Wildman–Crippen LogP) is 4.83. The van der Waals surface area contributed by atoms with Crippen molar-refractivity contribution in [3.05, 3.63) is 57.0 Å². The van der Waals surface area contributed by atoms with Gasteiger partial charge in [-0.1, -0.05) is 36.2 Å². The zero-order valence-corrected chi connectivity index (χ0v) is 16.4. The molecule has 5 nitrogen and oxygen atoms in total. The summed E-state index contributed by atoms with van der Waals surface area (Å²) in [6, 6.07) is 7.12. The highest BCUT2D eigenvalue weighted by Gasteiger charge is 2.18. The van der Waals surface area contributed by atoms with Crippen molar-refractivity contribution >= 4 is 40.3 Å². The molecule has 3 aromatic rings. The minimum Gasteiger partial charge on any atom is -0.461 e. The van der Waals surface area contributed by atoms with E-state index in [4.69, 9.17) is 32.9 Å². The fraction of sp³-hybridized carbons (Fsp3) is 0.316. The summed E-state index contributed by atoms with van der Waals surface area (Å²) in [6.45, 7) is 6.51. The van der Waals surface area contributed by atoms with E-state index in [0.29, 0.717) is 28.8 Å². The normalized spacial score (nSPS) is 11.1. The van der Waals surface area contributed by atoms with Gasteiger partial charge in [0.25, 0.3) is 0 Å². The Morgan fingerprint density at radius 3 is 2.62 bits per heavy atom. The number of aryl methyl sites for hydroxylation is 2. The fourth-order valence-electron chi connectivity index (χ4n) is 2.85. The summed E-state index contributed by atoms with van der Waals surface area (Å²) in [5.74, 6) is 0.440. The van der Waals surface area contributed by atoms with E-state index in [1.807, 2.05) is 24.5 Å². The average Bonchev–Trinajstić information content (AvgIpc) is 2.96. The SMILES string of the molecule is CCOC(=O)c1cc(C)c2nc(CC)n(Cc3ccc(Cl)cc3Cl)c2n1. The number of nitrogens with zero attached hydrogens (tertiary/aromatic N) is 3. The molecule has 0 amide bonds. The molecule has 0 saturated heterocycles. The first kappa shape index (κ1) is 18.7. The Morgan fingerprint density at radius 1 is 1.19 bits per heavy atom. The molecule has 0 aliphatic rings. The van der Waals surface area contributed by atoms with Crippen LogP contribution in [-0.4, -0.2) is 27.1 Å². The van der Waals surface area contributed by atoms with Crippen LogP contribution in [0.15, 0.2) is 24.3 Å². The van der Waals surface area contributed by atoms with Gasteiger partial charge in [-0.05, 0) is 43.2 Å². The summed E-state index contributed by atoms with van der Waals surface area (Å²) in [4.78, 5) is 21.4. The number of hydrogen-bond acceptors (Lipinski definition) is 4. The zero-order chi connectivity index (χ0) is 18.8. The first-order chi connectivity index (χ1) is 12.4. The van der Waals surface area contributed by atoms with Crippen LogP contribution in [0.3, 0.4) is 0 Å². The highest BCUT2D eigenvalue weighted by atomic mass is 35.5. The van der Waals surface area contributed by atoms with Crippen LogP contribution in [0, 0.1) is 6.92 Å². The number of ether oxygens (including phenoxy) is 1. The van der Waals surface area contributed by atoms with Crippen molar-refractivity contribution in [3.8, 4) is 0 Å². The van der Waals surface area contributed by atoms with Gasteiger partial charge in [0.2, 0.25) is 0 Å². The number of carbonyl (C=O) groups excluding carboxylic acids is 1. The molecular formula is C19H19Cl2N3O2. The quantitative estimate of drug-likeness (QED) is 0.584. The Morgan fingerprint density at radius 2 is 1.96 bits per heavy atom. The molecule has 2 aromatic heterocycles. The Bertz CT molecular complexity index is 983. The number of pyridine rings is 1. The third-order valence-electron chi connectivity index (χ3n) is 4.12. The van der Waals surface area contributed by atoms with Gasteiger partial charge in [0.05, 0.1) is 13.2 Å². The Hall–Kier alpha value is -2.11. The molecular weight excluding hydrogens is 373 g/mol. The summed E-state index contributed by atoms with van der Waals surface area (Å²) in [5.41, 5.74) is 3.50. The molecule has 2 heterocycles. The molecule has 0 spiro atoms. The van der Waals surface area contributed by atoms with Crippen molar-refractivity contribution in [2.45, 2.75) is 33.7 Å². The van der Waals surface area contributed by atoms with E-state index in [0.717, 1.165) is 28.9 Å². The Kier molecular flexibility index (Phi) is 5.49. The van der Waals surface area contributed by atoms with Crippen LogP contribution in [0.2, 0.25) is 10.0 Å². The maximum atomic E-state index is 12.1. The number of esters is 1. The molecule has 0 aliphatic heterocycles. The molecule has 0 unspecified atom stereocenters. The van der Waals surface area contributed by atoms with Crippen LogP contribution in [0.25, 0.3) is 11.2 Å². The van der Waals surface area contributed by atoms with Crippen LogP contribution in [-0.2, 0) is 17.7 Å². The molecule has 1 aromatic carbocycles. The number of imidazole rings is 1. The molecule has 0 fully saturated rings. The molecule has 0 radical (unpaired) electrons. The zero-order valence-electron chi connectivity index (χ0n) is 14.8. The maximum Gasteiger partial charge on any atom is 0.357 e. The fourth-order valence-corrected chi connectivity index (χ4v) is 3.32. The van der Waals surface area contributed by atoms with Gasteiger partial charge in [-0.25, -0.2) is 14.8 Å². The lowest BCUT2D eigenvalue weighted by Crippen LogP contribution is -2.10. The molecule has 136 valence electrons. The summed E-state index contributed by atoms with van der Waals surface area (Å²) >= 11 is 12.3. The number of rotatable bonds is 5. The first-order valence-corrected chi connectivity index (χ1v) is 9.18. The molecule has 0 N–H and O–H groups in total. The van der Waals surface area contributed by atoms with Gasteiger partial charge in [-0.3, -0.25) is 0 Å². The Labute approximate surface area is 161 Å². The van der Waals surface area contributed by atoms with Gasteiger partial charge < -0.3 is 9.30 Å². The maximum absolute atomic E-state index is 12.1. The van der Waals surface area contributed by atoms with Crippen molar-refractivity contribution in [2.75, 3.05) is 6.61 Å². The first-order valence-electron chi connectivity index (χ1n) is 8.42. The monoisotopic (exact) mass is 391 g/mol. The van der Waals surface area contributed by atoms with E-state index in [1.54, 1.807) is 25.1 Å². The molecule has 0 saturated carbocycles. The highest BCUT2D eigenvalue weighted by Crippen LogP contribution is 2.25. The van der Waals surface area contributed by atoms with Gasteiger partial charge in [-0.2, -0.15) is 0 Å². The predicted molar refractivity (Wildman–Crippen MR) is 103 cm³/mol. The van der Waals surface area contributed by atoms with Crippen molar-refractivity contribution < 1.29 is 9.53 Å². The largest absolute Gasteiger partial charge is 0.461 e. The lowest BCUT2D eigenvalue weighted by molar-refractivity contribution is 0.0519. The minimum absolute atomic E-state index is 0.280. The van der Waals surface area contributed by atoms with Crippen molar-refractivity contribution in [2.24, 2.45) is 0 Å². The second kappa shape index (κ2) is 7.64. The van der Waals surface area contributed by atoms with Crippen molar-refractivity contribution in [1.82, 2.24) is 14.5 Å². The molecule has 3 rings (SSSR count). The van der Waals surface area contributed by atoms with Gasteiger partial charge in [0, 0.05) is 16.5 Å². The summed E-state index contributed by atoms with van der Waals surface area (Å²) < 4.78 is 7.07. The van der Waals surface area contributed by atoms with E-state index in [1.165, 1.54) is 0 Å². The van der Waals surface area contributed by atoms with Crippen LogP contribution < -0.4 is 0 Å². The second-order valence-corrected chi connectivity index (χ2v) is 6.76. The topological polar surface area (TPSA) is 57.0 Å². The standard InChI is InChI=1S/C19H19Cl2N3O2/c1-4-16-23-17-11(3)8-15(19(25)26-5-2)22-18(17)24(16)10-12-6-7-13(20)9-14(12)21/h6-9H,4-5,10H2,1-3H3. The van der Waals surface area contributed by atoms with E-state index in [2.05, 4.69) is 4.98 Å². The molecule has 0 aliphatic carbocycles. The number of fused-ring (bicyclic) bond motifs is 1. The van der Waals surface area contributed by atoms with E-state index >= 15 is 0 Å². The van der Waals surface area contributed by atoms with Gasteiger partial charge in [0.1, 0.15) is 11.3 Å². The minimum atomic E-state index is -0.437. The van der Waals surface area contributed by atoms with Crippen LogP contribution in [0.4, 0.5) is 0 Å². The average molecular weight is 392 g/mol. The summed E-state index contributed by atoms with van der Waals surface area (Å²) in [6.07, 6.45) is 0.732. The molecule has 26 heavy (non-hydrogen) atoms. The third-order valence-corrected chi connectivity index (χ3v) is 4.70. The van der Waals surface area contributed by atoms with Gasteiger partial charge in [-0.15, -0.1) is 0 Å². The number of carbonyl (C=O) groups is 1. The van der Waals surface area contributed by atoms with E-state index < -0.39 is 5.97 Å². The van der Waals surface area contributed by atoms with Crippen LogP contribution in [0.1, 0.15) is 41.3 Å². The molecule has 0 bridgehead atoms. The number of aromatic nitrogens is 3. The van der Waals surface area contributed by atoms with Gasteiger partial charge in [0.15, 0.2) is 11.3 Å². The lowest BCUT2D eigenvalue weighted by Gasteiger charge is -2.10.